The normalized spacial score (nSPS) is 21.1. The van der Waals surface area contributed by atoms with Crippen molar-refractivity contribution in [2.75, 3.05) is 32.8 Å². The summed E-state index contributed by atoms with van der Waals surface area (Å²) in [6.07, 6.45) is 0.932. The molecule has 5 heteroatoms. The van der Waals surface area contributed by atoms with Crippen molar-refractivity contribution in [2.45, 2.75) is 46.6 Å². The molecule has 3 N–H and O–H groups in total. The van der Waals surface area contributed by atoms with Crippen LogP contribution in [0.5, 0.6) is 0 Å². The summed E-state index contributed by atoms with van der Waals surface area (Å²) < 4.78 is 5.47. The number of carbonyl (C=O) groups is 1. The Morgan fingerprint density at radius 3 is 2.65 bits per heavy atom. The number of rotatable bonds is 4. The second-order valence-electron chi connectivity index (χ2n) is 7.60. The first-order chi connectivity index (χ1) is 9.18. The van der Waals surface area contributed by atoms with Crippen LogP contribution in [-0.2, 0) is 4.74 Å². The number of carbonyl (C=O) groups excluding carboxylic acids is 1. The summed E-state index contributed by atoms with van der Waals surface area (Å²) in [5.41, 5.74) is -0.0175. The van der Waals surface area contributed by atoms with Crippen molar-refractivity contribution in [1.29, 1.82) is 0 Å². The number of hydrogen-bond acceptors (Lipinski definition) is 3. The molecule has 1 atom stereocenters. The zero-order valence-corrected chi connectivity index (χ0v) is 13.6. The van der Waals surface area contributed by atoms with Crippen molar-refractivity contribution < 1.29 is 9.53 Å². The van der Waals surface area contributed by atoms with Crippen molar-refractivity contribution in [2.24, 2.45) is 11.3 Å². The molecule has 1 fully saturated rings. The fraction of sp³-hybridized carbons (Fsp3) is 0.933. The lowest BCUT2D eigenvalue weighted by Crippen LogP contribution is -2.51. The topological polar surface area (TPSA) is 62.4 Å². The van der Waals surface area contributed by atoms with Crippen molar-refractivity contribution in [3.63, 3.8) is 0 Å². The molecular formula is C15H31N3O2. The maximum atomic E-state index is 12.0. The number of urea groups is 1. The SMILES string of the molecule is CC(C)(C)CC(C)(C)NC(=O)NCC1CNCCOC1. The Morgan fingerprint density at radius 1 is 1.30 bits per heavy atom. The van der Waals surface area contributed by atoms with Crippen molar-refractivity contribution in [3.05, 3.63) is 0 Å². The average molecular weight is 285 g/mol. The van der Waals surface area contributed by atoms with Gasteiger partial charge in [0, 0.05) is 31.1 Å². The molecule has 1 rings (SSSR count). The van der Waals surface area contributed by atoms with Gasteiger partial charge in [0.15, 0.2) is 0 Å². The van der Waals surface area contributed by atoms with Crippen LogP contribution in [0.2, 0.25) is 0 Å². The summed E-state index contributed by atoms with van der Waals surface area (Å²) in [6, 6.07) is -0.0940. The smallest absolute Gasteiger partial charge is 0.315 e. The van der Waals surface area contributed by atoms with Gasteiger partial charge in [-0.2, -0.15) is 0 Å². The molecular weight excluding hydrogens is 254 g/mol. The Bertz CT molecular complexity index is 303. The van der Waals surface area contributed by atoms with E-state index >= 15 is 0 Å². The second-order valence-corrected chi connectivity index (χ2v) is 7.60. The van der Waals surface area contributed by atoms with Gasteiger partial charge >= 0.3 is 6.03 Å². The number of ether oxygens (including phenoxy) is 1. The minimum atomic E-state index is -0.208. The first kappa shape index (κ1) is 17.2. The molecule has 0 radical (unpaired) electrons. The highest BCUT2D eigenvalue weighted by Crippen LogP contribution is 2.26. The van der Waals surface area contributed by atoms with E-state index in [4.69, 9.17) is 4.74 Å². The Kier molecular flexibility index (Phi) is 6.27. The number of hydrogen-bond donors (Lipinski definition) is 3. The third-order valence-electron chi connectivity index (χ3n) is 3.19. The first-order valence-corrected chi connectivity index (χ1v) is 7.52. The minimum Gasteiger partial charge on any atom is -0.380 e. The lowest BCUT2D eigenvalue weighted by atomic mass is 9.82. The Balaban J connectivity index is 2.31. The van der Waals surface area contributed by atoms with Crippen molar-refractivity contribution in [1.82, 2.24) is 16.0 Å². The van der Waals surface area contributed by atoms with Crippen LogP contribution in [0.15, 0.2) is 0 Å². The van der Waals surface area contributed by atoms with Gasteiger partial charge in [-0.15, -0.1) is 0 Å². The maximum absolute atomic E-state index is 12.0. The molecule has 118 valence electrons. The third kappa shape index (κ3) is 7.70. The van der Waals surface area contributed by atoms with E-state index in [2.05, 4.69) is 50.6 Å². The van der Waals surface area contributed by atoms with E-state index in [0.29, 0.717) is 19.1 Å². The molecule has 1 aliphatic rings. The predicted octanol–water partition coefficient (Wildman–Crippen LogP) is 1.74. The summed E-state index contributed by atoms with van der Waals surface area (Å²) in [5, 5.41) is 9.31. The maximum Gasteiger partial charge on any atom is 0.315 e. The quantitative estimate of drug-likeness (QED) is 0.737. The van der Waals surface area contributed by atoms with E-state index in [0.717, 1.165) is 26.1 Å². The summed E-state index contributed by atoms with van der Waals surface area (Å²) in [7, 11) is 0. The van der Waals surface area contributed by atoms with E-state index in [-0.39, 0.29) is 17.0 Å². The van der Waals surface area contributed by atoms with E-state index in [1.807, 2.05) is 0 Å². The lowest BCUT2D eigenvalue weighted by Gasteiger charge is -2.33. The van der Waals surface area contributed by atoms with Gasteiger partial charge in [0.1, 0.15) is 0 Å². The van der Waals surface area contributed by atoms with Gasteiger partial charge in [-0.25, -0.2) is 4.79 Å². The standard InChI is InChI=1S/C15H31N3O2/c1-14(2,3)11-15(4,5)18-13(19)17-9-12-8-16-6-7-20-10-12/h12,16H,6-11H2,1-5H3,(H2,17,18,19). The predicted molar refractivity (Wildman–Crippen MR) is 81.9 cm³/mol. The zero-order chi connectivity index (χ0) is 15.2. The fourth-order valence-electron chi connectivity index (χ4n) is 2.85. The van der Waals surface area contributed by atoms with Gasteiger partial charge in [0.05, 0.1) is 13.2 Å². The van der Waals surface area contributed by atoms with Gasteiger partial charge in [-0.05, 0) is 25.7 Å². The van der Waals surface area contributed by atoms with Crippen LogP contribution in [0.4, 0.5) is 4.79 Å². The van der Waals surface area contributed by atoms with Crippen LogP contribution in [-0.4, -0.2) is 44.4 Å². The molecule has 1 saturated heterocycles. The van der Waals surface area contributed by atoms with E-state index < -0.39 is 0 Å². The number of nitrogens with one attached hydrogen (secondary N) is 3. The van der Waals surface area contributed by atoms with Crippen molar-refractivity contribution >= 4 is 6.03 Å². The van der Waals surface area contributed by atoms with Crippen LogP contribution in [0.1, 0.15) is 41.0 Å². The van der Waals surface area contributed by atoms with Crippen LogP contribution in [0, 0.1) is 11.3 Å². The van der Waals surface area contributed by atoms with Crippen LogP contribution in [0.25, 0.3) is 0 Å². The summed E-state index contributed by atoms with van der Waals surface area (Å²) in [5.74, 6) is 0.342. The average Bonchev–Trinajstić information content (AvgIpc) is 2.50. The molecule has 1 aliphatic heterocycles. The summed E-state index contributed by atoms with van der Waals surface area (Å²) in [4.78, 5) is 12.0. The van der Waals surface area contributed by atoms with Gasteiger partial charge in [-0.1, -0.05) is 20.8 Å². The monoisotopic (exact) mass is 285 g/mol. The number of amides is 2. The van der Waals surface area contributed by atoms with E-state index in [1.54, 1.807) is 0 Å². The second kappa shape index (κ2) is 7.27. The van der Waals surface area contributed by atoms with E-state index in [9.17, 15) is 4.79 Å². The van der Waals surface area contributed by atoms with E-state index in [1.165, 1.54) is 0 Å². The Labute approximate surface area is 123 Å². The largest absolute Gasteiger partial charge is 0.380 e. The van der Waals surface area contributed by atoms with Gasteiger partial charge in [-0.3, -0.25) is 0 Å². The molecule has 0 aromatic heterocycles. The van der Waals surface area contributed by atoms with Crippen LogP contribution in [0.3, 0.4) is 0 Å². The molecule has 1 unspecified atom stereocenters. The van der Waals surface area contributed by atoms with Gasteiger partial charge in [0.25, 0.3) is 0 Å². The Morgan fingerprint density at radius 2 is 2.00 bits per heavy atom. The van der Waals surface area contributed by atoms with Crippen LogP contribution >= 0.6 is 0 Å². The summed E-state index contributed by atoms with van der Waals surface area (Å²) in [6.45, 7) is 14.6. The highest BCUT2D eigenvalue weighted by Gasteiger charge is 2.27. The molecule has 0 aromatic carbocycles. The third-order valence-corrected chi connectivity index (χ3v) is 3.19. The first-order valence-electron chi connectivity index (χ1n) is 7.52. The lowest BCUT2D eigenvalue weighted by molar-refractivity contribution is 0.123. The minimum absolute atomic E-state index is 0.0940. The van der Waals surface area contributed by atoms with Crippen molar-refractivity contribution in [3.8, 4) is 0 Å². The molecule has 0 saturated carbocycles. The fourth-order valence-corrected chi connectivity index (χ4v) is 2.85. The molecule has 5 nitrogen and oxygen atoms in total. The Hall–Kier alpha value is -0.810. The molecule has 0 aromatic rings. The zero-order valence-electron chi connectivity index (χ0n) is 13.6. The summed E-state index contributed by atoms with van der Waals surface area (Å²) >= 11 is 0. The molecule has 20 heavy (non-hydrogen) atoms. The highest BCUT2D eigenvalue weighted by atomic mass is 16.5. The van der Waals surface area contributed by atoms with Gasteiger partial charge in [0.2, 0.25) is 0 Å². The van der Waals surface area contributed by atoms with Crippen LogP contribution < -0.4 is 16.0 Å². The highest BCUT2D eigenvalue weighted by molar-refractivity contribution is 5.74. The molecule has 0 spiro atoms. The molecule has 0 aliphatic carbocycles. The molecule has 2 amide bonds. The molecule has 0 bridgehead atoms. The van der Waals surface area contributed by atoms with Gasteiger partial charge < -0.3 is 20.7 Å². The molecule has 1 heterocycles.